The Morgan fingerprint density at radius 2 is 2.07 bits per heavy atom. The average Bonchev–Trinajstić information content (AvgIpc) is 3.49. The van der Waals surface area contributed by atoms with E-state index in [-0.39, 0.29) is 23.5 Å². The lowest BCUT2D eigenvalue weighted by molar-refractivity contribution is -0.149. The number of ether oxygens (including phenoxy) is 1. The van der Waals surface area contributed by atoms with Crippen LogP contribution in [0.2, 0.25) is 0 Å². The van der Waals surface area contributed by atoms with Gasteiger partial charge in [-0.1, -0.05) is 18.9 Å². The number of hydrogen-bond donors (Lipinski definition) is 0. The largest absolute Gasteiger partial charge is 0.466 e. The van der Waals surface area contributed by atoms with Crippen LogP contribution in [0.3, 0.4) is 0 Å². The van der Waals surface area contributed by atoms with Crippen molar-refractivity contribution >= 4 is 27.3 Å². The molecule has 7 nitrogen and oxygen atoms in total. The second-order valence-corrected chi connectivity index (χ2v) is 10.5. The van der Waals surface area contributed by atoms with E-state index in [0.717, 1.165) is 30.6 Å². The number of piperidine rings is 1. The minimum atomic E-state index is -3.76. The van der Waals surface area contributed by atoms with Gasteiger partial charge in [0, 0.05) is 19.3 Å². The molecule has 1 saturated carbocycles. The fourth-order valence-electron chi connectivity index (χ4n) is 4.26. The van der Waals surface area contributed by atoms with Crippen molar-refractivity contribution in [3.05, 3.63) is 23.7 Å². The number of sulfonamides is 1. The van der Waals surface area contributed by atoms with Gasteiger partial charge in [-0.3, -0.25) is 9.48 Å². The van der Waals surface area contributed by atoms with Crippen molar-refractivity contribution in [2.45, 2.75) is 56.4 Å². The average molecular weight is 438 g/mol. The first-order chi connectivity index (χ1) is 14.0. The maximum Gasteiger partial charge on any atom is 0.310 e. The van der Waals surface area contributed by atoms with E-state index >= 15 is 0 Å². The Hall–Kier alpha value is -1.71. The Bertz CT molecular complexity index is 947. The molecule has 158 valence electrons. The molecule has 1 aliphatic heterocycles. The standard InChI is InChI=1S/C20H27N3O4S2/c1-2-27-20(24)15-7-5-11-22(13-15)29(25,26)18-14-23(16-8-3-4-9-16)21-19(18)17-10-6-12-28-17/h6,10,12,14-16H,2-5,7-9,11,13H2,1H3. The highest BCUT2D eigenvalue weighted by Crippen LogP contribution is 2.36. The van der Waals surface area contributed by atoms with Crippen LogP contribution in [0.15, 0.2) is 28.6 Å². The van der Waals surface area contributed by atoms with Crippen LogP contribution in [0.5, 0.6) is 0 Å². The molecule has 1 unspecified atom stereocenters. The van der Waals surface area contributed by atoms with Crippen LogP contribution in [-0.4, -0.2) is 48.2 Å². The van der Waals surface area contributed by atoms with Crippen LogP contribution in [0.25, 0.3) is 10.6 Å². The van der Waals surface area contributed by atoms with Gasteiger partial charge in [-0.05, 0) is 44.1 Å². The maximum atomic E-state index is 13.6. The number of aromatic nitrogens is 2. The van der Waals surface area contributed by atoms with Gasteiger partial charge in [0.05, 0.1) is 23.4 Å². The van der Waals surface area contributed by atoms with E-state index in [1.54, 1.807) is 13.1 Å². The molecule has 4 rings (SSSR count). The van der Waals surface area contributed by atoms with E-state index in [1.807, 2.05) is 22.2 Å². The van der Waals surface area contributed by atoms with Crippen LogP contribution in [0, 0.1) is 5.92 Å². The second-order valence-electron chi connectivity index (χ2n) is 7.69. The molecule has 1 atom stereocenters. The van der Waals surface area contributed by atoms with Gasteiger partial charge >= 0.3 is 5.97 Å². The molecule has 1 saturated heterocycles. The van der Waals surface area contributed by atoms with Crippen LogP contribution < -0.4 is 0 Å². The lowest BCUT2D eigenvalue weighted by Gasteiger charge is -2.30. The fraction of sp³-hybridized carbons (Fsp3) is 0.600. The highest BCUT2D eigenvalue weighted by Gasteiger charge is 2.37. The van der Waals surface area contributed by atoms with Gasteiger partial charge in [-0.2, -0.15) is 9.40 Å². The Morgan fingerprint density at radius 1 is 1.28 bits per heavy atom. The molecule has 1 aliphatic carbocycles. The van der Waals surface area contributed by atoms with Crippen LogP contribution in [-0.2, 0) is 19.6 Å². The molecule has 3 heterocycles. The minimum Gasteiger partial charge on any atom is -0.466 e. The molecule has 2 aromatic rings. The molecule has 2 fully saturated rings. The zero-order valence-corrected chi connectivity index (χ0v) is 18.3. The predicted molar refractivity (Wildman–Crippen MR) is 111 cm³/mol. The molecule has 29 heavy (non-hydrogen) atoms. The summed E-state index contributed by atoms with van der Waals surface area (Å²) < 4.78 is 35.6. The first kappa shape index (κ1) is 20.6. The number of carbonyl (C=O) groups is 1. The summed E-state index contributed by atoms with van der Waals surface area (Å²) >= 11 is 1.49. The summed E-state index contributed by atoms with van der Waals surface area (Å²) in [5, 5.41) is 6.64. The van der Waals surface area contributed by atoms with E-state index < -0.39 is 15.9 Å². The summed E-state index contributed by atoms with van der Waals surface area (Å²) in [5.74, 6) is -0.721. The molecule has 0 N–H and O–H groups in total. The Morgan fingerprint density at radius 3 is 2.76 bits per heavy atom. The van der Waals surface area contributed by atoms with Gasteiger partial charge in [-0.15, -0.1) is 11.3 Å². The highest BCUT2D eigenvalue weighted by molar-refractivity contribution is 7.89. The number of nitrogens with zero attached hydrogens (tertiary/aromatic N) is 3. The topological polar surface area (TPSA) is 81.5 Å². The molecule has 0 amide bonds. The van der Waals surface area contributed by atoms with Crippen molar-refractivity contribution in [1.82, 2.24) is 14.1 Å². The third kappa shape index (κ3) is 4.13. The molecule has 9 heteroatoms. The van der Waals surface area contributed by atoms with Crippen molar-refractivity contribution in [2.24, 2.45) is 5.92 Å². The number of carbonyl (C=O) groups excluding carboxylic acids is 1. The van der Waals surface area contributed by atoms with Crippen molar-refractivity contribution in [3.63, 3.8) is 0 Å². The van der Waals surface area contributed by atoms with Crippen molar-refractivity contribution < 1.29 is 17.9 Å². The van der Waals surface area contributed by atoms with Gasteiger partial charge in [0.25, 0.3) is 0 Å². The zero-order valence-electron chi connectivity index (χ0n) is 16.6. The zero-order chi connectivity index (χ0) is 20.4. The van der Waals surface area contributed by atoms with Gasteiger partial charge in [-0.25, -0.2) is 8.42 Å². The number of thiophene rings is 1. The summed E-state index contributed by atoms with van der Waals surface area (Å²) in [6.45, 7) is 2.65. The summed E-state index contributed by atoms with van der Waals surface area (Å²) in [6, 6.07) is 4.07. The lowest BCUT2D eigenvalue weighted by atomic mass is 10.0. The normalized spacial score (nSPS) is 21.5. The van der Waals surface area contributed by atoms with Crippen molar-refractivity contribution in [2.75, 3.05) is 19.7 Å². The smallest absolute Gasteiger partial charge is 0.310 e. The lowest BCUT2D eigenvalue weighted by Crippen LogP contribution is -2.42. The van der Waals surface area contributed by atoms with E-state index in [4.69, 9.17) is 9.84 Å². The quantitative estimate of drug-likeness (QED) is 0.644. The second kappa shape index (κ2) is 8.57. The number of esters is 1. The summed E-state index contributed by atoms with van der Waals surface area (Å²) in [5.41, 5.74) is 0.519. The van der Waals surface area contributed by atoms with Crippen molar-refractivity contribution in [3.8, 4) is 10.6 Å². The highest BCUT2D eigenvalue weighted by atomic mass is 32.2. The van der Waals surface area contributed by atoms with Crippen molar-refractivity contribution in [1.29, 1.82) is 0 Å². The fourth-order valence-corrected chi connectivity index (χ4v) is 6.70. The molecular formula is C20H27N3O4S2. The summed E-state index contributed by atoms with van der Waals surface area (Å²) in [6.07, 6.45) is 7.36. The molecule has 0 aromatic carbocycles. The Labute approximate surface area is 175 Å². The van der Waals surface area contributed by atoms with E-state index in [0.29, 0.717) is 31.7 Å². The molecule has 0 radical (unpaired) electrons. The Balaban J connectivity index is 1.67. The summed E-state index contributed by atoms with van der Waals surface area (Å²) in [4.78, 5) is 13.3. The van der Waals surface area contributed by atoms with Crippen LogP contribution >= 0.6 is 11.3 Å². The predicted octanol–water partition coefficient (Wildman–Crippen LogP) is 3.69. The minimum absolute atomic E-state index is 0.166. The monoisotopic (exact) mass is 437 g/mol. The number of rotatable bonds is 6. The van der Waals surface area contributed by atoms with Crippen LogP contribution in [0.1, 0.15) is 51.5 Å². The van der Waals surface area contributed by atoms with E-state index in [1.165, 1.54) is 15.6 Å². The van der Waals surface area contributed by atoms with E-state index in [9.17, 15) is 13.2 Å². The summed E-state index contributed by atoms with van der Waals surface area (Å²) in [7, 11) is -3.76. The van der Waals surface area contributed by atoms with Gasteiger partial charge in [0.2, 0.25) is 10.0 Å². The molecular weight excluding hydrogens is 410 g/mol. The maximum absolute atomic E-state index is 13.6. The SMILES string of the molecule is CCOC(=O)C1CCCN(S(=O)(=O)c2cn(C3CCCC3)nc2-c2cccs2)C1. The van der Waals surface area contributed by atoms with Crippen LogP contribution in [0.4, 0.5) is 0 Å². The molecule has 0 spiro atoms. The molecule has 0 bridgehead atoms. The Kier molecular flexibility index (Phi) is 6.08. The first-order valence-electron chi connectivity index (χ1n) is 10.3. The molecule has 2 aromatic heterocycles. The van der Waals surface area contributed by atoms with E-state index in [2.05, 4.69) is 0 Å². The third-order valence-corrected chi connectivity index (χ3v) is 8.52. The first-order valence-corrected chi connectivity index (χ1v) is 12.6. The van der Waals surface area contributed by atoms with Gasteiger partial charge < -0.3 is 4.74 Å². The third-order valence-electron chi connectivity index (χ3n) is 5.77. The molecule has 2 aliphatic rings. The van der Waals surface area contributed by atoms with Gasteiger partial charge in [0.15, 0.2) is 0 Å². The van der Waals surface area contributed by atoms with Gasteiger partial charge in [0.1, 0.15) is 10.6 Å². The number of hydrogen-bond acceptors (Lipinski definition) is 6.